The van der Waals surface area contributed by atoms with Crippen LogP contribution in [0.3, 0.4) is 0 Å². The molecule has 1 amide bonds. The van der Waals surface area contributed by atoms with Crippen molar-refractivity contribution in [3.8, 4) is 11.3 Å². The predicted molar refractivity (Wildman–Crippen MR) is 99.1 cm³/mol. The van der Waals surface area contributed by atoms with Crippen LogP contribution in [0.25, 0.3) is 11.3 Å². The third-order valence-corrected chi connectivity index (χ3v) is 4.72. The van der Waals surface area contributed by atoms with Gasteiger partial charge in [0.15, 0.2) is 5.82 Å². The van der Waals surface area contributed by atoms with Gasteiger partial charge in [0, 0.05) is 11.8 Å². The monoisotopic (exact) mass is 345 g/mol. The topological polar surface area (TPSA) is 71.9 Å². The summed E-state index contributed by atoms with van der Waals surface area (Å²) in [5, 5.41) is 0. The van der Waals surface area contributed by atoms with E-state index in [0.29, 0.717) is 11.6 Å². The lowest BCUT2D eigenvalue weighted by Gasteiger charge is -2.19. The number of nitrogens with zero attached hydrogens (tertiary/aromatic N) is 5. The van der Waals surface area contributed by atoms with Crippen molar-refractivity contribution in [3.05, 3.63) is 59.9 Å². The van der Waals surface area contributed by atoms with E-state index in [9.17, 15) is 4.79 Å². The molecule has 0 N–H and O–H groups in total. The van der Waals surface area contributed by atoms with Crippen molar-refractivity contribution >= 4 is 17.4 Å². The molecule has 0 atom stereocenters. The van der Waals surface area contributed by atoms with Crippen LogP contribution in [0.4, 0.5) is 11.5 Å². The number of rotatable bonds is 2. The average Bonchev–Trinajstić information content (AvgIpc) is 2.82. The van der Waals surface area contributed by atoms with Gasteiger partial charge in [-0.2, -0.15) is 0 Å². The maximum Gasteiger partial charge on any atom is 0.242 e. The minimum Gasteiger partial charge on any atom is -0.273 e. The Balaban J connectivity index is 1.89. The number of carbonyl (C=O) groups is 1. The molecule has 0 radical (unpaired) electrons. The minimum absolute atomic E-state index is 0.0123. The molecule has 2 aromatic heterocycles. The van der Waals surface area contributed by atoms with Crippen molar-refractivity contribution in [2.75, 3.05) is 4.90 Å². The summed E-state index contributed by atoms with van der Waals surface area (Å²) < 4.78 is 0. The van der Waals surface area contributed by atoms with Gasteiger partial charge in [-0.1, -0.05) is 12.1 Å². The summed E-state index contributed by atoms with van der Waals surface area (Å²) in [4.78, 5) is 32.1. The van der Waals surface area contributed by atoms with E-state index in [1.54, 1.807) is 23.5 Å². The van der Waals surface area contributed by atoms with Crippen molar-refractivity contribution in [1.29, 1.82) is 0 Å². The van der Waals surface area contributed by atoms with Gasteiger partial charge >= 0.3 is 0 Å². The lowest BCUT2D eigenvalue weighted by atomic mass is 9.85. The molecule has 0 bridgehead atoms. The molecule has 1 aromatic carbocycles. The first-order valence-corrected chi connectivity index (χ1v) is 8.45. The number of fused-ring (bicyclic) bond motifs is 1. The second-order valence-corrected chi connectivity index (χ2v) is 7.00. The fraction of sp³-hybridized carbons (Fsp3) is 0.250. The van der Waals surface area contributed by atoms with E-state index < -0.39 is 5.41 Å². The van der Waals surface area contributed by atoms with Crippen LogP contribution in [0.2, 0.25) is 0 Å². The summed E-state index contributed by atoms with van der Waals surface area (Å²) in [5.41, 5.74) is 3.75. The number of hydrogen-bond acceptors (Lipinski definition) is 5. The second kappa shape index (κ2) is 5.69. The zero-order chi connectivity index (χ0) is 18.5. The highest BCUT2D eigenvalue weighted by Crippen LogP contribution is 2.45. The molecule has 130 valence electrons. The van der Waals surface area contributed by atoms with Gasteiger partial charge in [0.05, 0.1) is 34.9 Å². The van der Waals surface area contributed by atoms with E-state index >= 15 is 0 Å². The first-order valence-electron chi connectivity index (χ1n) is 8.45. The maximum absolute atomic E-state index is 13.1. The normalized spacial score (nSPS) is 15.2. The van der Waals surface area contributed by atoms with Crippen molar-refractivity contribution in [1.82, 2.24) is 19.9 Å². The molecule has 0 saturated carbocycles. The Bertz CT molecular complexity index is 1010. The van der Waals surface area contributed by atoms with Crippen LogP contribution < -0.4 is 4.90 Å². The zero-order valence-corrected chi connectivity index (χ0v) is 15.2. The summed E-state index contributed by atoms with van der Waals surface area (Å²) in [6.07, 6.45) is 5.05. The van der Waals surface area contributed by atoms with Crippen molar-refractivity contribution in [3.63, 3.8) is 0 Å². The quantitative estimate of drug-likeness (QED) is 0.711. The Morgan fingerprint density at radius 2 is 1.81 bits per heavy atom. The Hall–Kier alpha value is -3.15. The fourth-order valence-corrected chi connectivity index (χ4v) is 3.25. The Kier molecular flexibility index (Phi) is 3.57. The van der Waals surface area contributed by atoms with E-state index in [1.165, 1.54) is 0 Å². The number of hydrogen-bond donors (Lipinski definition) is 0. The summed E-state index contributed by atoms with van der Waals surface area (Å²) in [6.45, 7) is 7.60. The van der Waals surface area contributed by atoms with Gasteiger partial charge in [-0.25, -0.2) is 15.0 Å². The molecular formula is C20H19N5O. The number of benzene rings is 1. The molecule has 0 unspecified atom stereocenters. The van der Waals surface area contributed by atoms with E-state index in [0.717, 1.165) is 28.2 Å². The third-order valence-electron chi connectivity index (χ3n) is 4.72. The third kappa shape index (κ3) is 2.45. The van der Waals surface area contributed by atoms with E-state index in [-0.39, 0.29) is 5.91 Å². The van der Waals surface area contributed by atoms with Gasteiger partial charge in [-0.15, -0.1) is 0 Å². The Morgan fingerprint density at radius 3 is 2.50 bits per heavy atom. The standard InChI is InChI=1S/C20H19N5O/c1-12-10-23-18(11-22-12)25-17-9-14(16-7-8-21-13(2)24-16)5-6-15(17)20(3,4)19(25)26/h5-11H,1-4H3. The van der Waals surface area contributed by atoms with Gasteiger partial charge < -0.3 is 0 Å². The van der Waals surface area contributed by atoms with E-state index in [1.807, 2.05) is 52.0 Å². The van der Waals surface area contributed by atoms with Crippen LogP contribution in [0.15, 0.2) is 42.9 Å². The molecular weight excluding hydrogens is 326 g/mol. The van der Waals surface area contributed by atoms with Crippen LogP contribution >= 0.6 is 0 Å². The fourth-order valence-electron chi connectivity index (χ4n) is 3.25. The molecule has 0 aliphatic carbocycles. The zero-order valence-electron chi connectivity index (χ0n) is 15.2. The van der Waals surface area contributed by atoms with Crippen LogP contribution in [0.5, 0.6) is 0 Å². The largest absolute Gasteiger partial charge is 0.273 e. The van der Waals surface area contributed by atoms with Gasteiger partial charge in [0.2, 0.25) is 5.91 Å². The van der Waals surface area contributed by atoms with Gasteiger partial charge in [0.1, 0.15) is 5.82 Å². The first-order chi connectivity index (χ1) is 12.4. The van der Waals surface area contributed by atoms with Crippen LogP contribution in [-0.2, 0) is 10.2 Å². The number of anilines is 2. The SMILES string of the molecule is Cc1cnc(N2C(=O)C(C)(C)c3ccc(-c4ccnc(C)n4)cc32)cn1. The molecule has 6 heteroatoms. The van der Waals surface area contributed by atoms with Gasteiger partial charge in [-0.3, -0.25) is 14.7 Å². The van der Waals surface area contributed by atoms with Gasteiger partial charge in [0.25, 0.3) is 0 Å². The molecule has 3 aromatic rings. The lowest BCUT2D eigenvalue weighted by Crippen LogP contribution is -2.33. The molecule has 6 nitrogen and oxygen atoms in total. The Morgan fingerprint density at radius 1 is 1.00 bits per heavy atom. The van der Waals surface area contributed by atoms with Crippen LogP contribution in [0.1, 0.15) is 30.9 Å². The van der Waals surface area contributed by atoms with Crippen LogP contribution in [-0.4, -0.2) is 25.8 Å². The molecule has 4 rings (SSSR count). The molecule has 1 aliphatic heterocycles. The number of aromatic nitrogens is 4. The molecule has 0 saturated heterocycles. The number of aryl methyl sites for hydroxylation is 2. The smallest absolute Gasteiger partial charge is 0.242 e. The first kappa shape index (κ1) is 16.3. The molecule has 26 heavy (non-hydrogen) atoms. The number of carbonyl (C=O) groups excluding carboxylic acids is 1. The Labute approximate surface area is 152 Å². The van der Waals surface area contributed by atoms with E-state index in [4.69, 9.17) is 0 Å². The predicted octanol–water partition coefficient (Wildman–Crippen LogP) is 3.51. The highest BCUT2D eigenvalue weighted by atomic mass is 16.2. The molecule has 3 heterocycles. The highest BCUT2D eigenvalue weighted by Gasteiger charge is 2.45. The lowest BCUT2D eigenvalue weighted by molar-refractivity contribution is -0.121. The minimum atomic E-state index is -0.623. The molecule has 1 aliphatic rings. The van der Waals surface area contributed by atoms with E-state index in [2.05, 4.69) is 19.9 Å². The summed E-state index contributed by atoms with van der Waals surface area (Å²) in [7, 11) is 0. The van der Waals surface area contributed by atoms with Crippen molar-refractivity contribution in [2.45, 2.75) is 33.1 Å². The van der Waals surface area contributed by atoms with Crippen molar-refractivity contribution in [2.24, 2.45) is 0 Å². The maximum atomic E-state index is 13.1. The summed E-state index contributed by atoms with van der Waals surface area (Å²) >= 11 is 0. The summed E-state index contributed by atoms with van der Waals surface area (Å²) in [6, 6.07) is 7.86. The number of amides is 1. The summed E-state index contributed by atoms with van der Waals surface area (Å²) in [5.74, 6) is 1.23. The second-order valence-electron chi connectivity index (χ2n) is 7.00. The van der Waals surface area contributed by atoms with Crippen LogP contribution in [0, 0.1) is 13.8 Å². The molecule has 0 fully saturated rings. The highest BCUT2D eigenvalue weighted by molar-refractivity contribution is 6.12. The van der Waals surface area contributed by atoms with Crippen molar-refractivity contribution < 1.29 is 4.79 Å². The molecule has 0 spiro atoms. The average molecular weight is 345 g/mol. The van der Waals surface area contributed by atoms with Gasteiger partial charge in [-0.05, 0) is 45.4 Å².